The minimum Gasteiger partial charge on any atom is -0.376 e. The smallest absolute Gasteiger partial charge is 0.314 e. The summed E-state index contributed by atoms with van der Waals surface area (Å²) in [7, 11) is 1.68. The first-order valence-electron chi connectivity index (χ1n) is 5.97. The zero-order valence-electron chi connectivity index (χ0n) is 10.6. The Hall–Kier alpha value is -1.69. The number of methoxy groups -OCH3 is 1. The molecule has 0 aromatic carbocycles. The number of aryl methyl sites for hydroxylation is 1. The van der Waals surface area contributed by atoms with E-state index in [-0.39, 0.29) is 11.3 Å². The second kappa shape index (κ2) is 4.89. The van der Waals surface area contributed by atoms with Crippen LogP contribution in [0.25, 0.3) is 0 Å². The second-order valence-corrected chi connectivity index (χ2v) is 4.68. The molecule has 1 aromatic heterocycles. The second-order valence-electron chi connectivity index (χ2n) is 4.68. The first kappa shape index (κ1) is 12.8. The van der Waals surface area contributed by atoms with Gasteiger partial charge in [0, 0.05) is 25.4 Å². The standard InChI is InChI=1S/C12H17N3O3/c1-9-4-7-13-11(10(9)15(16)17)14-8-12(18-2)5-3-6-12/h4,7H,3,5-6,8H2,1-2H3,(H,13,14). The Balaban J connectivity index is 2.14. The highest BCUT2D eigenvalue weighted by atomic mass is 16.6. The molecule has 98 valence electrons. The van der Waals surface area contributed by atoms with Gasteiger partial charge in [-0.25, -0.2) is 4.98 Å². The molecule has 0 spiro atoms. The number of pyridine rings is 1. The highest BCUT2D eigenvalue weighted by Crippen LogP contribution is 2.36. The summed E-state index contributed by atoms with van der Waals surface area (Å²) in [6.07, 6.45) is 4.68. The number of hydrogen-bond acceptors (Lipinski definition) is 5. The van der Waals surface area contributed by atoms with Crippen LogP contribution in [0.3, 0.4) is 0 Å². The molecule has 1 N–H and O–H groups in total. The average Bonchev–Trinajstić information content (AvgIpc) is 2.27. The third kappa shape index (κ3) is 2.28. The molecule has 0 bridgehead atoms. The predicted molar refractivity (Wildman–Crippen MR) is 67.7 cm³/mol. The fourth-order valence-corrected chi connectivity index (χ4v) is 2.18. The average molecular weight is 251 g/mol. The topological polar surface area (TPSA) is 77.3 Å². The normalized spacial score (nSPS) is 17.0. The number of nitro groups is 1. The Morgan fingerprint density at radius 3 is 2.83 bits per heavy atom. The highest BCUT2D eigenvalue weighted by molar-refractivity contribution is 5.59. The molecule has 6 heteroatoms. The maximum atomic E-state index is 11.0. The molecule has 1 aliphatic rings. The summed E-state index contributed by atoms with van der Waals surface area (Å²) >= 11 is 0. The molecule has 1 heterocycles. The molecule has 1 saturated carbocycles. The monoisotopic (exact) mass is 251 g/mol. The van der Waals surface area contributed by atoms with Gasteiger partial charge in [0.15, 0.2) is 0 Å². The van der Waals surface area contributed by atoms with Crippen LogP contribution >= 0.6 is 0 Å². The van der Waals surface area contributed by atoms with Gasteiger partial charge in [-0.3, -0.25) is 10.1 Å². The number of nitrogens with zero attached hydrogens (tertiary/aromatic N) is 2. The van der Waals surface area contributed by atoms with E-state index in [1.165, 1.54) is 0 Å². The van der Waals surface area contributed by atoms with Crippen LogP contribution in [0.4, 0.5) is 11.5 Å². The lowest BCUT2D eigenvalue weighted by atomic mass is 9.80. The largest absolute Gasteiger partial charge is 0.376 e. The minimum atomic E-state index is -0.398. The Morgan fingerprint density at radius 2 is 2.33 bits per heavy atom. The third-order valence-electron chi connectivity index (χ3n) is 3.58. The fraction of sp³-hybridized carbons (Fsp3) is 0.583. The molecule has 0 saturated heterocycles. The van der Waals surface area contributed by atoms with Crippen LogP contribution in [0.1, 0.15) is 24.8 Å². The van der Waals surface area contributed by atoms with E-state index in [0.717, 1.165) is 19.3 Å². The lowest BCUT2D eigenvalue weighted by Gasteiger charge is -2.40. The van der Waals surface area contributed by atoms with E-state index in [4.69, 9.17) is 4.74 Å². The molecule has 1 fully saturated rings. The summed E-state index contributed by atoms with van der Waals surface area (Å²) in [5.41, 5.74) is 0.472. The van der Waals surface area contributed by atoms with Crippen molar-refractivity contribution in [2.24, 2.45) is 0 Å². The highest BCUT2D eigenvalue weighted by Gasteiger charge is 2.37. The van der Waals surface area contributed by atoms with Crippen molar-refractivity contribution in [1.82, 2.24) is 4.98 Å². The van der Waals surface area contributed by atoms with Gasteiger partial charge in [-0.05, 0) is 32.3 Å². The van der Waals surface area contributed by atoms with Gasteiger partial charge in [-0.2, -0.15) is 0 Å². The molecular weight excluding hydrogens is 234 g/mol. The molecule has 0 atom stereocenters. The summed E-state index contributed by atoms with van der Waals surface area (Å²) in [5, 5.41) is 14.1. The zero-order valence-corrected chi connectivity index (χ0v) is 10.6. The predicted octanol–water partition coefficient (Wildman–Crippen LogP) is 2.28. The van der Waals surface area contributed by atoms with Gasteiger partial charge >= 0.3 is 5.69 Å². The van der Waals surface area contributed by atoms with Crippen LogP contribution in [-0.4, -0.2) is 29.2 Å². The van der Waals surface area contributed by atoms with Crippen LogP contribution in [0, 0.1) is 17.0 Å². The van der Waals surface area contributed by atoms with Crippen molar-refractivity contribution in [2.75, 3.05) is 19.0 Å². The van der Waals surface area contributed by atoms with Gasteiger partial charge in [0.1, 0.15) is 0 Å². The summed E-state index contributed by atoms with van der Waals surface area (Å²) < 4.78 is 5.47. The van der Waals surface area contributed by atoms with Crippen molar-refractivity contribution in [3.63, 3.8) is 0 Å². The minimum absolute atomic E-state index is 0.0445. The zero-order chi connectivity index (χ0) is 13.2. The number of ether oxygens (including phenoxy) is 1. The lowest BCUT2D eigenvalue weighted by molar-refractivity contribution is -0.384. The van der Waals surface area contributed by atoms with Crippen molar-refractivity contribution in [3.05, 3.63) is 27.9 Å². The van der Waals surface area contributed by atoms with E-state index >= 15 is 0 Å². The lowest BCUT2D eigenvalue weighted by Crippen LogP contribution is -2.45. The summed E-state index contributed by atoms with van der Waals surface area (Å²) in [5.74, 6) is 0.323. The number of aromatic nitrogens is 1. The molecule has 0 aliphatic heterocycles. The van der Waals surface area contributed by atoms with Crippen molar-refractivity contribution in [1.29, 1.82) is 0 Å². The van der Waals surface area contributed by atoms with Gasteiger partial charge < -0.3 is 10.1 Å². The van der Waals surface area contributed by atoms with Gasteiger partial charge in [0.2, 0.25) is 5.82 Å². The van der Waals surface area contributed by atoms with Crippen molar-refractivity contribution in [2.45, 2.75) is 31.8 Å². The van der Waals surface area contributed by atoms with Gasteiger partial charge in [-0.1, -0.05) is 0 Å². The van der Waals surface area contributed by atoms with Crippen molar-refractivity contribution < 1.29 is 9.66 Å². The number of nitrogens with one attached hydrogen (secondary N) is 1. The molecule has 1 aliphatic carbocycles. The van der Waals surface area contributed by atoms with Crippen LogP contribution in [-0.2, 0) is 4.74 Å². The first-order valence-corrected chi connectivity index (χ1v) is 5.97. The Bertz CT molecular complexity index is 452. The van der Waals surface area contributed by atoms with E-state index < -0.39 is 4.92 Å². The molecule has 1 aromatic rings. The Morgan fingerprint density at radius 1 is 1.61 bits per heavy atom. The van der Waals surface area contributed by atoms with E-state index in [2.05, 4.69) is 10.3 Å². The molecule has 6 nitrogen and oxygen atoms in total. The fourth-order valence-electron chi connectivity index (χ4n) is 2.18. The first-order chi connectivity index (χ1) is 8.58. The number of anilines is 1. The molecular formula is C12H17N3O3. The summed E-state index contributed by atoms with van der Waals surface area (Å²) in [4.78, 5) is 14.7. The van der Waals surface area contributed by atoms with Crippen LogP contribution < -0.4 is 5.32 Å². The molecule has 0 unspecified atom stereocenters. The van der Waals surface area contributed by atoms with Crippen LogP contribution in [0.15, 0.2) is 12.3 Å². The number of hydrogen-bond donors (Lipinski definition) is 1. The quantitative estimate of drug-likeness (QED) is 0.641. The molecule has 18 heavy (non-hydrogen) atoms. The van der Waals surface area contributed by atoms with Crippen LogP contribution in [0.5, 0.6) is 0 Å². The Labute approximate surface area is 106 Å². The van der Waals surface area contributed by atoms with Crippen molar-refractivity contribution in [3.8, 4) is 0 Å². The molecule has 2 rings (SSSR count). The molecule has 0 amide bonds. The van der Waals surface area contributed by atoms with Crippen molar-refractivity contribution >= 4 is 11.5 Å². The SMILES string of the molecule is COC1(CNc2nccc(C)c2[N+](=O)[O-])CCC1. The summed E-state index contributed by atoms with van der Waals surface area (Å²) in [6, 6.07) is 1.64. The molecule has 0 radical (unpaired) electrons. The maximum absolute atomic E-state index is 11.0. The van der Waals surface area contributed by atoms with E-state index in [1.807, 2.05) is 0 Å². The van der Waals surface area contributed by atoms with E-state index in [9.17, 15) is 10.1 Å². The Kier molecular flexibility index (Phi) is 3.47. The van der Waals surface area contributed by atoms with E-state index in [1.54, 1.807) is 26.3 Å². The summed E-state index contributed by atoms with van der Waals surface area (Å²) in [6.45, 7) is 2.27. The number of rotatable bonds is 5. The van der Waals surface area contributed by atoms with Gasteiger partial charge in [0.05, 0.1) is 10.5 Å². The third-order valence-corrected chi connectivity index (χ3v) is 3.58. The van der Waals surface area contributed by atoms with Gasteiger partial charge in [-0.15, -0.1) is 0 Å². The maximum Gasteiger partial charge on any atom is 0.314 e. The van der Waals surface area contributed by atoms with Gasteiger partial charge in [0.25, 0.3) is 0 Å². The van der Waals surface area contributed by atoms with Crippen LogP contribution in [0.2, 0.25) is 0 Å². The van der Waals surface area contributed by atoms with E-state index in [0.29, 0.717) is 17.9 Å².